The second-order valence-electron chi connectivity index (χ2n) is 5.34. The molecule has 0 aliphatic heterocycles. The third kappa shape index (κ3) is 5.34. The van der Waals surface area contributed by atoms with Crippen molar-refractivity contribution in [1.82, 2.24) is 5.32 Å². The molecule has 0 radical (unpaired) electrons. The Kier molecular flexibility index (Phi) is 6.09. The molecule has 0 bridgehead atoms. The number of nitrogens with one attached hydrogen (secondary N) is 1. The summed E-state index contributed by atoms with van der Waals surface area (Å²) in [6.45, 7) is 6.06. The molecule has 2 rings (SSSR count). The summed E-state index contributed by atoms with van der Waals surface area (Å²) in [6, 6.07) is 12.5. The minimum absolute atomic E-state index is 0.214. The first-order chi connectivity index (χ1) is 10.0. The maximum Gasteiger partial charge on any atom is 0.124 e. The van der Waals surface area contributed by atoms with Crippen LogP contribution in [0.5, 0.6) is 0 Å². The van der Waals surface area contributed by atoms with E-state index in [0.29, 0.717) is 5.92 Å². The van der Waals surface area contributed by atoms with Gasteiger partial charge in [0.15, 0.2) is 0 Å². The van der Waals surface area contributed by atoms with Crippen molar-refractivity contribution in [3.63, 3.8) is 0 Å². The summed E-state index contributed by atoms with van der Waals surface area (Å²) in [4.78, 5) is 1.99. The zero-order valence-electron chi connectivity index (χ0n) is 12.2. The average Bonchev–Trinajstić information content (AvgIpc) is 2.41. The first-order valence-electron chi connectivity index (χ1n) is 6.97. The van der Waals surface area contributed by atoms with E-state index in [1.807, 2.05) is 24.3 Å². The molecule has 0 atom stereocenters. The van der Waals surface area contributed by atoms with Crippen molar-refractivity contribution in [2.75, 3.05) is 6.54 Å². The first kappa shape index (κ1) is 16.3. The molecule has 21 heavy (non-hydrogen) atoms. The lowest BCUT2D eigenvalue weighted by Crippen LogP contribution is -2.19. The fraction of sp³-hybridized carbons (Fsp3) is 0.294. The maximum absolute atomic E-state index is 13.3. The monoisotopic (exact) mass is 323 g/mol. The van der Waals surface area contributed by atoms with Gasteiger partial charge in [0.2, 0.25) is 0 Å². The average molecular weight is 324 g/mol. The van der Waals surface area contributed by atoms with E-state index in [2.05, 4.69) is 19.2 Å². The van der Waals surface area contributed by atoms with Crippen LogP contribution in [0.4, 0.5) is 4.39 Å². The molecule has 4 heteroatoms. The van der Waals surface area contributed by atoms with Crippen molar-refractivity contribution in [1.29, 1.82) is 0 Å². The van der Waals surface area contributed by atoms with Crippen LogP contribution in [0.25, 0.3) is 0 Å². The first-order valence-corrected chi connectivity index (χ1v) is 8.16. The summed E-state index contributed by atoms with van der Waals surface area (Å²) in [5, 5.41) is 4.14. The molecule has 2 aromatic rings. The van der Waals surface area contributed by atoms with Crippen molar-refractivity contribution in [3.8, 4) is 0 Å². The second-order valence-corrected chi connectivity index (χ2v) is 6.89. The zero-order chi connectivity index (χ0) is 15.2. The van der Waals surface area contributed by atoms with E-state index in [9.17, 15) is 4.39 Å². The van der Waals surface area contributed by atoms with Crippen molar-refractivity contribution in [2.45, 2.75) is 30.2 Å². The number of halogens is 2. The van der Waals surface area contributed by atoms with E-state index in [4.69, 9.17) is 11.6 Å². The topological polar surface area (TPSA) is 12.0 Å². The lowest BCUT2D eigenvalue weighted by molar-refractivity contribution is 0.550. The van der Waals surface area contributed by atoms with Crippen molar-refractivity contribution in [3.05, 3.63) is 58.9 Å². The molecule has 1 N–H and O–H groups in total. The van der Waals surface area contributed by atoms with Crippen LogP contribution in [0.1, 0.15) is 19.4 Å². The van der Waals surface area contributed by atoms with Crippen LogP contribution < -0.4 is 5.32 Å². The summed E-state index contributed by atoms with van der Waals surface area (Å²) in [5.74, 6) is 0.386. The van der Waals surface area contributed by atoms with Gasteiger partial charge in [-0.3, -0.25) is 0 Å². The fourth-order valence-corrected chi connectivity index (χ4v) is 3.10. The van der Waals surface area contributed by atoms with E-state index < -0.39 is 0 Å². The van der Waals surface area contributed by atoms with Gasteiger partial charge in [-0.1, -0.05) is 43.3 Å². The quantitative estimate of drug-likeness (QED) is 0.766. The van der Waals surface area contributed by atoms with E-state index in [-0.39, 0.29) is 5.82 Å². The Morgan fingerprint density at radius 1 is 1.19 bits per heavy atom. The molecule has 0 aromatic heterocycles. The largest absolute Gasteiger partial charge is 0.312 e. The van der Waals surface area contributed by atoms with Gasteiger partial charge in [0.1, 0.15) is 5.82 Å². The third-order valence-corrected chi connectivity index (χ3v) is 4.26. The summed E-state index contributed by atoms with van der Waals surface area (Å²) in [7, 11) is 0. The Balaban J connectivity index is 2.14. The molecule has 0 unspecified atom stereocenters. The van der Waals surface area contributed by atoms with Gasteiger partial charge in [-0.25, -0.2) is 4.39 Å². The van der Waals surface area contributed by atoms with Crippen LogP contribution >= 0.6 is 23.4 Å². The molecule has 0 saturated heterocycles. The third-order valence-electron chi connectivity index (χ3n) is 2.91. The molecule has 0 spiro atoms. The summed E-state index contributed by atoms with van der Waals surface area (Å²) < 4.78 is 13.3. The fourth-order valence-electron chi connectivity index (χ4n) is 1.94. The Labute approximate surface area is 134 Å². The zero-order valence-corrected chi connectivity index (χ0v) is 13.8. The molecule has 2 aromatic carbocycles. The highest BCUT2D eigenvalue weighted by molar-refractivity contribution is 7.99. The van der Waals surface area contributed by atoms with Crippen LogP contribution in [0, 0.1) is 11.7 Å². The highest BCUT2D eigenvalue weighted by atomic mass is 35.5. The van der Waals surface area contributed by atoms with Gasteiger partial charge in [0, 0.05) is 21.4 Å². The lowest BCUT2D eigenvalue weighted by atomic mass is 10.2. The van der Waals surface area contributed by atoms with Gasteiger partial charge < -0.3 is 5.32 Å². The molecular formula is C17H19ClFNS. The molecule has 112 valence electrons. The molecule has 1 nitrogen and oxygen atoms in total. The van der Waals surface area contributed by atoms with Gasteiger partial charge in [0.05, 0.1) is 0 Å². The molecule has 0 fully saturated rings. The Morgan fingerprint density at radius 2 is 2.00 bits per heavy atom. The van der Waals surface area contributed by atoms with E-state index in [0.717, 1.165) is 33.5 Å². The molecular weight excluding hydrogens is 305 g/mol. The van der Waals surface area contributed by atoms with E-state index >= 15 is 0 Å². The molecule has 0 saturated carbocycles. The predicted octanol–water partition coefficient (Wildman–Crippen LogP) is 5.38. The van der Waals surface area contributed by atoms with Crippen LogP contribution in [0.3, 0.4) is 0 Å². The maximum atomic E-state index is 13.3. The molecule has 0 aliphatic carbocycles. The van der Waals surface area contributed by atoms with Gasteiger partial charge in [0.25, 0.3) is 0 Å². The van der Waals surface area contributed by atoms with Gasteiger partial charge in [-0.2, -0.15) is 0 Å². The van der Waals surface area contributed by atoms with E-state index in [1.165, 1.54) is 6.07 Å². The van der Waals surface area contributed by atoms with Crippen LogP contribution in [0.15, 0.2) is 52.3 Å². The summed E-state index contributed by atoms with van der Waals surface area (Å²) in [5.41, 5.74) is 1.14. The predicted molar refractivity (Wildman–Crippen MR) is 88.5 cm³/mol. The van der Waals surface area contributed by atoms with Crippen molar-refractivity contribution >= 4 is 23.4 Å². The second kappa shape index (κ2) is 7.83. The van der Waals surface area contributed by atoms with E-state index in [1.54, 1.807) is 23.9 Å². The Morgan fingerprint density at radius 3 is 2.71 bits per heavy atom. The summed E-state index contributed by atoms with van der Waals surface area (Å²) in [6.07, 6.45) is 0. The van der Waals surface area contributed by atoms with Crippen molar-refractivity contribution in [2.24, 2.45) is 5.92 Å². The van der Waals surface area contributed by atoms with Crippen LogP contribution in [-0.2, 0) is 6.54 Å². The Bertz CT molecular complexity index is 601. The molecule has 0 heterocycles. The van der Waals surface area contributed by atoms with Crippen LogP contribution in [0.2, 0.25) is 5.02 Å². The summed E-state index contributed by atoms with van der Waals surface area (Å²) >= 11 is 7.65. The number of benzene rings is 2. The van der Waals surface area contributed by atoms with Crippen LogP contribution in [-0.4, -0.2) is 6.54 Å². The standard InChI is InChI=1S/C17H19ClFNS/c1-12(2)10-20-11-13-8-14(18)6-7-17(13)21-16-5-3-4-15(19)9-16/h3-9,12,20H,10-11H2,1-2H3. The minimum Gasteiger partial charge on any atom is -0.312 e. The van der Waals surface area contributed by atoms with Gasteiger partial charge in [-0.15, -0.1) is 0 Å². The van der Waals surface area contributed by atoms with Gasteiger partial charge >= 0.3 is 0 Å². The normalized spacial score (nSPS) is 11.1. The SMILES string of the molecule is CC(C)CNCc1cc(Cl)ccc1Sc1cccc(F)c1. The minimum atomic E-state index is -0.214. The smallest absolute Gasteiger partial charge is 0.124 e. The molecule has 0 amide bonds. The number of hydrogen-bond acceptors (Lipinski definition) is 2. The number of hydrogen-bond donors (Lipinski definition) is 1. The lowest BCUT2D eigenvalue weighted by Gasteiger charge is -2.12. The van der Waals surface area contributed by atoms with Gasteiger partial charge in [-0.05, 0) is 54.4 Å². The Hall–Kier alpha value is -1.03. The number of rotatable bonds is 6. The highest BCUT2D eigenvalue weighted by Gasteiger charge is 2.07. The highest BCUT2D eigenvalue weighted by Crippen LogP contribution is 2.32. The molecule has 0 aliphatic rings. The van der Waals surface area contributed by atoms with Crippen molar-refractivity contribution < 1.29 is 4.39 Å².